The summed E-state index contributed by atoms with van der Waals surface area (Å²) in [6, 6.07) is 14.7. The van der Waals surface area contributed by atoms with Crippen LogP contribution >= 0.6 is 0 Å². The Hall–Kier alpha value is -3.68. The molecule has 0 fully saturated rings. The van der Waals surface area contributed by atoms with Crippen LogP contribution in [0, 0.1) is 6.92 Å². The smallest absolute Gasteiger partial charge is 0.278 e. The molecule has 2 N–H and O–H groups in total. The number of amides is 1. The molecule has 2 heterocycles. The number of nitrogens with zero attached hydrogens (tertiary/aromatic N) is 4. The number of hydrogen-bond donors (Lipinski definition) is 2. The van der Waals surface area contributed by atoms with Crippen LogP contribution in [0.15, 0.2) is 53.3 Å². The Morgan fingerprint density at radius 2 is 1.93 bits per heavy atom. The number of H-pyrrole nitrogens is 1. The highest BCUT2D eigenvalue weighted by Crippen LogP contribution is 2.18. The number of aromatic nitrogens is 5. The summed E-state index contributed by atoms with van der Waals surface area (Å²) in [7, 11) is 0. The van der Waals surface area contributed by atoms with Gasteiger partial charge in [0.2, 0.25) is 0 Å². The molecule has 2 aromatic heterocycles. The highest BCUT2D eigenvalue weighted by Gasteiger charge is 2.17. The van der Waals surface area contributed by atoms with E-state index in [1.54, 1.807) is 19.1 Å². The second kappa shape index (κ2) is 7.15. The average molecular weight is 376 g/mol. The van der Waals surface area contributed by atoms with Gasteiger partial charge in [-0.15, -0.1) is 5.10 Å². The van der Waals surface area contributed by atoms with Crippen LogP contribution in [0.1, 0.15) is 29.5 Å². The molecule has 0 spiro atoms. The van der Waals surface area contributed by atoms with E-state index in [9.17, 15) is 9.59 Å². The van der Waals surface area contributed by atoms with Gasteiger partial charge in [0.1, 0.15) is 0 Å². The van der Waals surface area contributed by atoms with Crippen molar-refractivity contribution in [2.75, 3.05) is 5.32 Å². The second-order valence-electron chi connectivity index (χ2n) is 6.54. The normalized spacial score (nSPS) is 11.1. The quantitative estimate of drug-likeness (QED) is 0.560. The number of carbonyl (C=O) groups is 1. The zero-order valence-electron chi connectivity index (χ0n) is 15.6. The molecule has 0 bridgehead atoms. The number of carbonyl (C=O) groups excluding carboxylic acids is 1. The molecular formula is C20H20N6O2. The van der Waals surface area contributed by atoms with E-state index >= 15 is 0 Å². The Kier molecular flexibility index (Phi) is 4.52. The van der Waals surface area contributed by atoms with Gasteiger partial charge in [0.25, 0.3) is 11.5 Å². The number of anilines is 1. The van der Waals surface area contributed by atoms with E-state index in [0.717, 1.165) is 24.2 Å². The van der Waals surface area contributed by atoms with Crippen LogP contribution in [0.25, 0.3) is 16.6 Å². The number of nitrogens with one attached hydrogen (secondary N) is 2. The largest absolute Gasteiger partial charge is 0.321 e. The molecule has 4 rings (SSSR count). The fraction of sp³-hybridized carbons (Fsp3) is 0.200. The van der Waals surface area contributed by atoms with E-state index in [1.165, 1.54) is 4.80 Å². The SMILES string of the molecule is CCCn1[nH]c(=O)c2cc(NC(=O)c3nn(-c4ccccc4)nc3C)ccc21. The Labute approximate surface area is 160 Å². The summed E-state index contributed by atoms with van der Waals surface area (Å²) in [5.41, 5.74) is 2.71. The van der Waals surface area contributed by atoms with E-state index < -0.39 is 0 Å². The monoisotopic (exact) mass is 376 g/mol. The maximum Gasteiger partial charge on any atom is 0.278 e. The fourth-order valence-electron chi connectivity index (χ4n) is 3.13. The Morgan fingerprint density at radius 1 is 1.14 bits per heavy atom. The molecule has 0 atom stereocenters. The third kappa shape index (κ3) is 3.20. The predicted octanol–water partition coefficient (Wildman–Crippen LogP) is 2.88. The highest BCUT2D eigenvalue weighted by molar-refractivity contribution is 6.04. The van der Waals surface area contributed by atoms with Gasteiger partial charge in [-0.1, -0.05) is 25.1 Å². The Balaban J connectivity index is 1.61. The molecule has 28 heavy (non-hydrogen) atoms. The van der Waals surface area contributed by atoms with Crippen molar-refractivity contribution < 1.29 is 4.79 Å². The lowest BCUT2D eigenvalue weighted by Gasteiger charge is -2.05. The average Bonchev–Trinajstić information content (AvgIpc) is 3.23. The van der Waals surface area contributed by atoms with E-state index in [2.05, 4.69) is 20.6 Å². The fourth-order valence-corrected chi connectivity index (χ4v) is 3.13. The lowest BCUT2D eigenvalue weighted by molar-refractivity contribution is 0.102. The number of rotatable bonds is 5. The molecule has 8 nitrogen and oxygen atoms in total. The first kappa shape index (κ1) is 17.7. The molecule has 0 aliphatic carbocycles. The van der Waals surface area contributed by atoms with E-state index in [1.807, 2.05) is 48.0 Å². The van der Waals surface area contributed by atoms with Crippen LogP contribution in [0.4, 0.5) is 5.69 Å². The van der Waals surface area contributed by atoms with Crippen molar-refractivity contribution in [3.8, 4) is 5.69 Å². The summed E-state index contributed by atoms with van der Waals surface area (Å²) in [5.74, 6) is -0.372. The second-order valence-corrected chi connectivity index (χ2v) is 6.54. The zero-order chi connectivity index (χ0) is 19.7. The van der Waals surface area contributed by atoms with Crippen LogP contribution in [0.2, 0.25) is 0 Å². The zero-order valence-corrected chi connectivity index (χ0v) is 15.6. The van der Waals surface area contributed by atoms with E-state index in [0.29, 0.717) is 16.8 Å². The number of para-hydroxylation sites is 1. The molecular weight excluding hydrogens is 356 g/mol. The van der Waals surface area contributed by atoms with Crippen LogP contribution in [0.3, 0.4) is 0 Å². The first-order chi connectivity index (χ1) is 13.6. The summed E-state index contributed by atoms with van der Waals surface area (Å²) in [6.45, 7) is 4.51. The number of aromatic amines is 1. The first-order valence-corrected chi connectivity index (χ1v) is 9.10. The van der Waals surface area contributed by atoms with Crippen molar-refractivity contribution in [3.63, 3.8) is 0 Å². The molecule has 0 aliphatic rings. The van der Waals surface area contributed by atoms with Gasteiger partial charge in [-0.2, -0.15) is 9.90 Å². The maximum absolute atomic E-state index is 12.7. The summed E-state index contributed by atoms with van der Waals surface area (Å²) < 4.78 is 1.82. The highest BCUT2D eigenvalue weighted by atomic mass is 16.2. The Morgan fingerprint density at radius 3 is 2.68 bits per heavy atom. The molecule has 4 aromatic rings. The van der Waals surface area contributed by atoms with Crippen molar-refractivity contribution in [3.05, 3.63) is 70.3 Å². The number of benzene rings is 2. The predicted molar refractivity (Wildman–Crippen MR) is 107 cm³/mol. The van der Waals surface area contributed by atoms with Crippen molar-refractivity contribution in [1.82, 2.24) is 24.8 Å². The molecule has 0 radical (unpaired) electrons. The van der Waals surface area contributed by atoms with Gasteiger partial charge in [0, 0.05) is 12.2 Å². The number of aryl methyl sites for hydroxylation is 2. The molecule has 0 saturated heterocycles. The standard InChI is InChI=1S/C20H20N6O2/c1-3-11-25-17-10-9-14(12-16(17)19(27)24-25)21-20(28)18-13(2)22-26(23-18)15-7-5-4-6-8-15/h4-10,12H,3,11H2,1-2H3,(H,21,28)(H,24,27). The van der Waals surface area contributed by atoms with Gasteiger partial charge in [0.15, 0.2) is 5.69 Å². The van der Waals surface area contributed by atoms with Crippen LogP contribution in [0.5, 0.6) is 0 Å². The van der Waals surface area contributed by atoms with Gasteiger partial charge in [-0.25, -0.2) is 0 Å². The van der Waals surface area contributed by atoms with Gasteiger partial charge < -0.3 is 5.32 Å². The van der Waals surface area contributed by atoms with E-state index in [4.69, 9.17) is 0 Å². The first-order valence-electron chi connectivity index (χ1n) is 9.10. The number of hydrogen-bond acceptors (Lipinski definition) is 4. The third-order valence-electron chi connectivity index (χ3n) is 4.46. The van der Waals surface area contributed by atoms with Gasteiger partial charge in [0.05, 0.1) is 22.3 Å². The van der Waals surface area contributed by atoms with Crippen LogP contribution in [-0.4, -0.2) is 30.7 Å². The topological polar surface area (TPSA) is 97.6 Å². The maximum atomic E-state index is 12.7. The van der Waals surface area contributed by atoms with Gasteiger partial charge >= 0.3 is 0 Å². The van der Waals surface area contributed by atoms with Crippen molar-refractivity contribution in [2.45, 2.75) is 26.8 Å². The minimum atomic E-state index is -0.372. The minimum absolute atomic E-state index is 0.175. The summed E-state index contributed by atoms with van der Waals surface area (Å²) >= 11 is 0. The molecule has 0 unspecified atom stereocenters. The summed E-state index contributed by atoms with van der Waals surface area (Å²) in [4.78, 5) is 26.3. The molecule has 8 heteroatoms. The minimum Gasteiger partial charge on any atom is -0.321 e. The van der Waals surface area contributed by atoms with Gasteiger partial charge in [-0.3, -0.25) is 19.4 Å². The summed E-state index contributed by atoms with van der Waals surface area (Å²) in [5, 5.41) is 14.8. The third-order valence-corrected chi connectivity index (χ3v) is 4.46. The van der Waals surface area contributed by atoms with Crippen molar-refractivity contribution in [2.24, 2.45) is 0 Å². The lowest BCUT2D eigenvalue weighted by Crippen LogP contribution is -2.14. The Bertz CT molecular complexity index is 1200. The van der Waals surface area contributed by atoms with Gasteiger partial charge in [-0.05, 0) is 43.7 Å². The van der Waals surface area contributed by atoms with E-state index in [-0.39, 0.29) is 17.2 Å². The van der Waals surface area contributed by atoms with Crippen molar-refractivity contribution in [1.29, 1.82) is 0 Å². The molecule has 0 saturated carbocycles. The van der Waals surface area contributed by atoms with Crippen LogP contribution in [-0.2, 0) is 6.54 Å². The lowest BCUT2D eigenvalue weighted by atomic mass is 10.2. The number of fused-ring (bicyclic) bond motifs is 1. The van der Waals surface area contributed by atoms with Crippen LogP contribution < -0.4 is 10.9 Å². The summed E-state index contributed by atoms with van der Waals surface area (Å²) in [6.07, 6.45) is 0.911. The molecule has 0 aliphatic heterocycles. The molecule has 142 valence electrons. The van der Waals surface area contributed by atoms with Crippen molar-refractivity contribution >= 4 is 22.5 Å². The molecule has 2 aromatic carbocycles. The molecule has 1 amide bonds.